The summed E-state index contributed by atoms with van der Waals surface area (Å²) in [5.41, 5.74) is 4.25. The fraction of sp³-hybridized carbons (Fsp3) is 0.200. The molecular formula is C15H15BrO2. The molecule has 3 heteroatoms. The van der Waals surface area contributed by atoms with E-state index in [-0.39, 0.29) is 6.61 Å². The number of methoxy groups -OCH3 is 1. The van der Waals surface area contributed by atoms with Gasteiger partial charge in [-0.1, -0.05) is 46.3 Å². The molecule has 2 aromatic rings. The number of aliphatic hydroxyl groups excluding tert-OH is 1. The smallest absolute Gasteiger partial charge is 0.0730 e. The number of ether oxygens (including phenoxy) is 1. The second-order valence-corrected chi connectivity index (χ2v) is 4.91. The lowest BCUT2D eigenvalue weighted by Crippen LogP contribution is -1.94. The standard InChI is InChI=1S/C15H15BrO2/c1-18-10-14-13(6-3-7-15(14)16)12-5-2-4-11(8-12)9-17/h2-8,17H,9-10H2,1H3. The molecule has 1 N–H and O–H groups in total. The van der Waals surface area contributed by atoms with Crippen LogP contribution in [0.4, 0.5) is 0 Å². The quantitative estimate of drug-likeness (QED) is 0.932. The summed E-state index contributed by atoms with van der Waals surface area (Å²) in [6.07, 6.45) is 0. The van der Waals surface area contributed by atoms with E-state index in [2.05, 4.69) is 22.0 Å². The Kier molecular flexibility index (Phi) is 4.53. The van der Waals surface area contributed by atoms with Crippen LogP contribution in [0.1, 0.15) is 11.1 Å². The largest absolute Gasteiger partial charge is 0.392 e. The minimum absolute atomic E-state index is 0.0570. The van der Waals surface area contributed by atoms with Crippen molar-refractivity contribution in [2.45, 2.75) is 13.2 Å². The maximum Gasteiger partial charge on any atom is 0.0730 e. The van der Waals surface area contributed by atoms with Gasteiger partial charge in [0.15, 0.2) is 0 Å². The number of hydrogen-bond acceptors (Lipinski definition) is 2. The molecule has 94 valence electrons. The van der Waals surface area contributed by atoms with Crippen molar-refractivity contribution in [1.82, 2.24) is 0 Å². The van der Waals surface area contributed by atoms with Crippen molar-refractivity contribution >= 4 is 15.9 Å². The zero-order valence-corrected chi connectivity index (χ0v) is 11.8. The summed E-state index contributed by atoms with van der Waals surface area (Å²) >= 11 is 3.55. The van der Waals surface area contributed by atoms with Gasteiger partial charge in [-0.25, -0.2) is 0 Å². The first-order valence-electron chi connectivity index (χ1n) is 5.72. The molecule has 0 aromatic heterocycles. The Morgan fingerprint density at radius 3 is 2.67 bits per heavy atom. The van der Waals surface area contributed by atoms with Gasteiger partial charge in [0.25, 0.3) is 0 Å². The summed E-state index contributed by atoms with van der Waals surface area (Å²) in [7, 11) is 1.69. The average molecular weight is 307 g/mol. The minimum Gasteiger partial charge on any atom is -0.392 e. The number of rotatable bonds is 4. The lowest BCUT2D eigenvalue weighted by molar-refractivity contribution is 0.185. The van der Waals surface area contributed by atoms with Crippen LogP contribution in [-0.2, 0) is 18.0 Å². The third-order valence-corrected chi connectivity index (χ3v) is 3.57. The van der Waals surface area contributed by atoms with Crippen molar-refractivity contribution in [2.75, 3.05) is 7.11 Å². The highest BCUT2D eigenvalue weighted by atomic mass is 79.9. The fourth-order valence-electron chi connectivity index (χ4n) is 1.96. The van der Waals surface area contributed by atoms with Gasteiger partial charge in [0.2, 0.25) is 0 Å². The molecule has 0 saturated heterocycles. The summed E-state index contributed by atoms with van der Waals surface area (Å²) in [6, 6.07) is 14.0. The van der Waals surface area contributed by atoms with Crippen LogP contribution in [0.25, 0.3) is 11.1 Å². The number of hydrogen-bond donors (Lipinski definition) is 1. The lowest BCUT2D eigenvalue weighted by atomic mass is 9.98. The van der Waals surface area contributed by atoms with Crippen molar-refractivity contribution in [3.8, 4) is 11.1 Å². The van der Waals surface area contributed by atoms with Gasteiger partial charge in [-0.05, 0) is 34.4 Å². The van der Waals surface area contributed by atoms with Crippen molar-refractivity contribution in [3.63, 3.8) is 0 Å². The average Bonchev–Trinajstić information content (AvgIpc) is 2.41. The summed E-state index contributed by atoms with van der Waals surface area (Å²) in [5, 5.41) is 9.20. The molecule has 2 nitrogen and oxygen atoms in total. The Labute approximate surface area is 115 Å². The van der Waals surface area contributed by atoms with E-state index in [1.165, 1.54) is 0 Å². The van der Waals surface area contributed by atoms with Crippen LogP contribution in [0.5, 0.6) is 0 Å². The molecule has 0 radical (unpaired) electrons. The van der Waals surface area contributed by atoms with E-state index in [9.17, 15) is 5.11 Å². The van der Waals surface area contributed by atoms with E-state index in [0.29, 0.717) is 6.61 Å². The van der Waals surface area contributed by atoms with Crippen molar-refractivity contribution in [3.05, 3.63) is 58.1 Å². The van der Waals surface area contributed by atoms with E-state index in [4.69, 9.17) is 4.74 Å². The van der Waals surface area contributed by atoms with E-state index in [0.717, 1.165) is 26.7 Å². The first-order valence-corrected chi connectivity index (χ1v) is 6.52. The van der Waals surface area contributed by atoms with E-state index < -0.39 is 0 Å². The van der Waals surface area contributed by atoms with Gasteiger partial charge in [0, 0.05) is 11.6 Å². The van der Waals surface area contributed by atoms with Gasteiger partial charge in [0.05, 0.1) is 13.2 Å². The molecule has 0 heterocycles. The first kappa shape index (κ1) is 13.3. The molecule has 0 aliphatic carbocycles. The lowest BCUT2D eigenvalue weighted by Gasteiger charge is -2.12. The highest BCUT2D eigenvalue weighted by Crippen LogP contribution is 2.30. The molecule has 0 bridgehead atoms. The molecular weight excluding hydrogens is 292 g/mol. The monoisotopic (exact) mass is 306 g/mol. The van der Waals surface area contributed by atoms with Gasteiger partial charge in [-0.3, -0.25) is 0 Å². The number of aliphatic hydroxyl groups is 1. The van der Waals surface area contributed by atoms with Crippen molar-refractivity contribution < 1.29 is 9.84 Å². The second-order valence-electron chi connectivity index (χ2n) is 4.06. The van der Waals surface area contributed by atoms with Crippen molar-refractivity contribution in [2.24, 2.45) is 0 Å². The fourth-order valence-corrected chi connectivity index (χ4v) is 2.44. The maximum atomic E-state index is 9.20. The molecule has 0 saturated carbocycles. The molecule has 0 aliphatic heterocycles. The van der Waals surface area contributed by atoms with Crippen LogP contribution < -0.4 is 0 Å². The highest BCUT2D eigenvalue weighted by Gasteiger charge is 2.08. The van der Waals surface area contributed by atoms with Gasteiger partial charge >= 0.3 is 0 Å². The van der Waals surface area contributed by atoms with Gasteiger partial charge in [-0.15, -0.1) is 0 Å². The molecule has 2 rings (SSSR count). The Morgan fingerprint density at radius 2 is 1.94 bits per heavy atom. The Hall–Kier alpha value is -1.16. The second kappa shape index (κ2) is 6.14. The predicted octanol–water partition coefficient (Wildman–Crippen LogP) is 3.75. The normalized spacial score (nSPS) is 10.6. The van der Waals surface area contributed by atoms with Crippen LogP contribution in [0.2, 0.25) is 0 Å². The topological polar surface area (TPSA) is 29.5 Å². The maximum absolute atomic E-state index is 9.20. The van der Waals surface area contributed by atoms with Crippen LogP contribution in [0.15, 0.2) is 46.9 Å². The van der Waals surface area contributed by atoms with E-state index in [1.54, 1.807) is 7.11 Å². The number of benzene rings is 2. The summed E-state index contributed by atoms with van der Waals surface area (Å²) in [6.45, 7) is 0.613. The van der Waals surface area contributed by atoms with Crippen LogP contribution in [0, 0.1) is 0 Å². The molecule has 0 amide bonds. The summed E-state index contributed by atoms with van der Waals surface area (Å²) in [4.78, 5) is 0. The van der Waals surface area contributed by atoms with Gasteiger partial charge in [0.1, 0.15) is 0 Å². The predicted molar refractivity (Wildman–Crippen MR) is 76.2 cm³/mol. The molecule has 0 fully saturated rings. The molecule has 0 unspecified atom stereocenters. The molecule has 0 spiro atoms. The van der Waals surface area contributed by atoms with Crippen LogP contribution in [-0.4, -0.2) is 12.2 Å². The number of halogens is 1. The molecule has 0 aliphatic rings. The Balaban J connectivity index is 2.52. The van der Waals surface area contributed by atoms with Gasteiger partial charge in [-0.2, -0.15) is 0 Å². The van der Waals surface area contributed by atoms with Crippen LogP contribution >= 0.6 is 15.9 Å². The van der Waals surface area contributed by atoms with E-state index >= 15 is 0 Å². The zero-order chi connectivity index (χ0) is 13.0. The molecule has 18 heavy (non-hydrogen) atoms. The molecule has 0 atom stereocenters. The van der Waals surface area contributed by atoms with Crippen molar-refractivity contribution in [1.29, 1.82) is 0 Å². The SMILES string of the molecule is COCc1c(Br)cccc1-c1cccc(CO)c1. The molecule has 2 aromatic carbocycles. The summed E-state index contributed by atoms with van der Waals surface area (Å²) in [5.74, 6) is 0. The first-order chi connectivity index (χ1) is 8.76. The zero-order valence-electron chi connectivity index (χ0n) is 10.2. The third-order valence-electron chi connectivity index (χ3n) is 2.83. The minimum atomic E-state index is 0.0570. The highest BCUT2D eigenvalue weighted by molar-refractivity contribution is 9.10. The Morgan fingerprint density at radius 1 is 1.17 bits per heavy atom. The van der Waals surface area contributed by atoms with Gasteiger partial charge < -0.3 is 9.84 Å². The van der Waals surface area contributed by atoms with Crippen LogP contribution in [0.3, 0.4) is 0 Å². The summed E-state index contributed by atoms with van der Waals surface area (Å²) < 4.78 is 6.29. The third kappa shape index (κ3) is 2.80. The van der Waals surface area contributed by atoms with E-state index in [1.807, 2.05) is 36.4 Å². The Bertz CT molecular complexity index is 538.